The molecule has 0 unspecified atom stereocenters. The van der Waals surface area contributed by atoms with Gasteiger partial charge in [0.2, 0.25) is 5.91 Å². The summed E-state index contributed by atoms with van der Waals surface area (Å²) in [6, 6.07) is 6.80. The highest BCUT2D eigenvalue weighted by Crippen LogP contribution is 2.22. The van der Waals surface area contributed by atoms with Gasteiger partial charge in [-0.3, -0.25) is 4.79 Å². The summed E-state index contributed by atoms with van der Waals surface area (Å²) in [7, 11) is 0. The predicted molar refractivity (Wildman–Crippen MR) is 97.1 cm³/mol. The van der Waals surface area contributed by atoms with E-state index in [2.05, 4.69) is 54.6 Å². The van der Waals surface area contributed by atoms with Gasteiger partial charge in [-0.05, 0) is 63.4 Å². The number of H-pyrrole nitrogens is 1. The number of hydrogen-bond donors (Lipinski definition) is 3. The van der Waals surface area contributed by atoms with Gasteiger partial charge in [-0.15, -0.1) is 12.4 Å². The summed E-state index contributed by atoms with van der Waals surface area (Å²) in [5.74, 6) is 0.339. The van der Waals surface area contributed by atoms with E-state index in [4.69, 9.17) is 0 Å². The van der Waals surface area contributed by atoms with Crippen LogP contribution in [0.25, 0.3) is 10.9 Å². The van der Waals surface area contributed by atoms with E-state index >= 15 is 0 Å². The molecule has 0 spiro atoms. The number of aromatic nitrogens is 1. The van der Waals surface area contributed by atoms with Crippen molar-refractivity contribution in [2.75, 3.05) is 6.54 Å². The maximum absolute atomic E-state index is 12.3. The summed E-state index contributed by atoms with van der Waals surface area (Å²) in [6.07, 6.45) is 1.87. The molecular formula is C18H26ClN3O. The minimum Gasteiger partial charge on any atom is -0.358 e. The zero-order chi connectivity index (χ0) is 15.7. The SMILES string of the molecule is Cc1[nH]c2ccc(CNC(=O)[C@H]3CCN[C@@H](C)C3)cc2c1C.Cl. The fourth-order valence-corrected chi connectivity index (χ4v) is 3.32. The number of amides is 1. The highest BCUT2D eigenvalue weighted by molar-refractivity contribution is 5.85. The number of carbonyl (C=O) groups excluding carboxylic acids is 1. The number of carbonyl (C=O) groups is 1. The van der Waals surface area contributed by atoms with Gasteiger partial charge in [-0.1, -0.05) is 6.07 Å². The Bertz CT molecular complexity index is 695. The molecule has 1 aliphatic rings. The van der Waals surface area contributed by atoms with Crippen LogP contribution in [0.15, 0.2) is 18.2 Å². The van der Waals surface area contributed by atoms with E-state index in [-0.39, 0.29) is 24.2 Å². The van der Waals surface area contributed by atoms with Gasteiger partial charge in [0.1, 0.15) is 0 Å². The molecule has 1 fully saturated rings. The molecular weight excluding hydrogens is 310 g/mol. The van der Waals surface area contributed by atoms with E-state index in [0.29, 0.717) is 12.6 Å². The van der Waals surface area contributed by atoms with Crippen LogP contribution < -0.4 is 10.6 Å². The van der Waals surface area contributed by atoms with Crippen LogP contribution in [-0.2, 0) is 11.3 Å². The highest BCUT2D eigenvalue weighted by Gasteiger charge is 2.24. The Morgan fingerprint density at radius 2 is 2.13 bits per heavy atom. The lowest BCUT2D eigenvalue weighted by Crippen LogP contribution is -2.42. The second-order valence-corrected chi connectivity index (χ2v) is 6.55. The molecule has 2 aromatic rings. The summed E-state index contributed by atoms with van der Waals surface area (Å²) in [4.78, 5) is 15.7. The van der Waals surface area contributed by atoms with Crippen molar-refractivity contribution in [1.82, 2.24) is 15.6 Å². The third-order valence-corrected chi connectivity index (χ3v) is 4.83. The van der Waals surface area contributed by atoms with Gasteiger partial charge in [0.25, 0.3) is 0 Å². The number of rotatable bonds is 3. The van der Waals surface area contributed by atoms with Gasteiger partial charge in [0.05, 0.1) is 0 Å². The number of fused-ring (bicyclic) bond motifs is 1. The van der Waals surface area contributed by atoms with Crippen molar-refractivity contribution < 1.29 is 4.79 Å². The molecule has 4 nitrogen and oxygen atoms in total. The fourth-order valence-electron chi connectivity index (χ4n) is 3.32. The molecule has 23 heavy (non-hydrogen) atoms. The maximum atomic E-state index is 12.3. The summed E-state index contributed by atoms with van der Waals surface area (Å²) in [6.45, 7) is 7.91. The predicted octanol–water partition coefficient (Wildman–Crippen LogP) is 3.21. The highest BCUT2D eigenvalue weighted by atomic mass is 35.5. The Morgan fingerprint density at radius 1 is 1.35 bits per heavy atom. The normalized spacial score (nSPS) is 21.0. The largest absolute Gasteiger partial charge is 0.358 e. The van der Waals surface area contributed by atoms with Crippen molar-refractivity contribution in [1.29, 1.82) is 0 Å². The molecule has 0 radical (unpaired) electrons. The summed E-state index contributed by atoms with van der Waals surface area (Å²) < 4.78 is 0. The topological polar surface area (TPSA) is 56.9 Å². The van der Waals surface area contributed by atoms with Gasteiger partial charge >= 0.3 is 0 Å². The minimum atomic E-state index is 0. The summed E-state index contributed by atoms with van der Waals surface area (Å²) in [5, 5.41) is 7.74. The molecule has 3 rings (SSSR count). The molecule has 1 aromatic heterocycles. The Balaban J connectivity index is 0.00000192. The first-order valence-electron chi connectivity index (χ1n) is 8.13. The first kappa shape index (κ1) is 17.8. The van der Waals surface area contributed by atoms with Crippen molar-refractivity contribution >= 4 is 29.2 Å². The van der Waals surface area contributed by atoms with Crippen LogP contribution in [0.3, 0.4) is 0 Å². The third kappa shape index (κ3) is 3.88. The van der Waals surface area contributed by atoms with Gasteiger partial charge in [-0.25, -0.2) is 0 Å². The Hall–Kier alpha value is -1.52. The molecule has 1 amide bonds. The van der Waals surface area contributed by atoms with Crippen LogP contribution in [0.5, 0.6) is 0 Å². The quantitative estimate of drug-likeness (QED) is 0.806. The molecule has 126 valence electrons. The second-order valence-electron chi connectivity index (χ2n) is 6.55. The summed E-state index contributed by atoms with van der Waals surface area (Å²) >= 11 is 0. The van der Waals surface area contributed by atoms with Crippen LogP contribution in [0.1, 0.15) is 36.6 Å². The number of aromatic amines is 1. The molecule has 2 atom stereocenters. The van der Waals surface area contributed by atoms with E-state index in [1.54, 1.807) is 0 Å². The minimum absolute atomic E-state index is 0. The smallest absolute Gasteiger partial charge is 0.223 e. The molecule has 1 saturated heterocycles. The molecule has 5 heteroatoms. The molecule has 3 N–H and O–H groups in total. The number of piperidine rings is 1. The van der Waals surface area contributed by atoms with Crippen molar-refractivity contribution in [3.8, 4) is 0 Å². The summed E-state index contributed by atoms with van der Waals surface area (Å²) in [5.41, 5.74) is 4.82. The van der Waals surface area contributed by atoms with E-state index in [1.807, 2.05) is 0 Å². The van der Waals surface area contributed by atoms with Crippen LogP contribution in [0.2, 0.25) is 0 Å². The molecule has 0 bridgehead atoms. The van der Waals surface area contributed by atoms with Crippen molar-refractivity contribution in [3.63, 3.8) is 0 Å². The Morgan fingerprint density at radius 3 is 2.87 bits per heavy atom. The first-order chi connectivity index (χ1) is 10.5. The third-order valence-electron chi connectivity index (χ3n) is 4.83. The van der Waals surface area contributed by atoms with Crippen LogP contribution in [0.4, 0.5) is 0 Å². The fraction of sp³-hybridized carbons (Fsp3) is 0.500. The average molecular weight is 336 g/mol. The van der Waals surface area contributed by atoms with Gasteiger partial charge in [-0.2, -0.15) is 0 Å². The Kier molecular flexibility index (Phi) is 5.71. The van der Waals surface area contributed by atoms with Gasteiger partial charge in [0.15, 0.2) is 0 Å². The van der Waals surface area contributed by atoms with Gasteiger partial charge < -0.3 is 15.6 Å². The molecule has 2 heterocycles. The van der Waals surface area contributed by atoms with Gasteiger partial charge in [0, 0.05) is 35.1 Å². The van der Waals surface area contributed by atoms with Crippen LogP contribution in [0, 0.1) is 19.8 Å². The molecule has 1 aromatic carbocycles. The number of nitrogens with one attached hydrogen (secondary N) is 3. The lowest BCUT2D eigenvalue weighted by molar-refractivity contribution is -0.126. The van der Waals surface area contributed by atoms with Crippen LogP contribution in [-0.4, -0.2) is 23.5 Å². The van der Waals surface area contributed by atoms with Crippen molar-refractivity contribution in [2.45, 2.75) is 46.2 Å². The molecule has 0 aliphatic carbocycles. The van der Waals surface area contributed by atoms with Crippen LogP contribution >= 0.6 is 12.4 Å². The number of halogens is 1. The number of benzene rings is 1. The lowest BCUT2D eigenvalue weighted by atomic mass is 9.92. The van der Waals surface area contributed by atoms with E-state index < -0.39 is 0 Å². The maximum Gasteiger partial charge on any atom is 0.223 e. The standard InChI is InChI=1S/C18H25N3O.ClH/c1-11-8-15(6-7-19-11)18(22)20-10-14-4-5-17-16(9-14)12(2)13(3)21-17;/h4-5,9,11,15,19,21H,6-8,10H2,1-3H3,(H,20,22);1H/t11-,15-;/m0./s1. The van der Waals surface area contributed by atoms with E-state index in [1.165, 1.54) is 16.6 Å². The average Bonchev–Trinajstić information content (AvgIpc) is 2.80. The molecule has 0 saturated carbocycles. The first-order valence-corrected chi connectivity index (χ1v) is 8.13. The Labute approximate surface area is 143 Å². The van der Waals surface area contributed by atoms with Crippen molar-refractivity contribution in [2.24, 2.45) is 5.92 Å². The van der Waals surface area contributed by atoms with E-state index in [9.17, 15) is 4.79 Å². The zero-order valence-corrected chi connectivity index (χ0v) is 14.8. The zero-order valence-electron chi connectivity index (χ0n) is 14.0. The monoisotopic (exact) mass is 335 g/mol. The van der Waals surface area contributed by atoms with Crippen molar-refractivity contribution in [3.05, 3.63) is 35.0 Å². The number of hydrogen-bond acceptors (Lipinski definition) is 2. The lowest BCUT2D eigenvalue weighted by Gasteiger charge is -2.27. The molecule has 1 aliphatic heterocycles. The second kappa shape index (κ2) is 7.37. The number of aryl methyl sites for hydroxylation is 2. The van der Waals surface area contributed by atoms with E-state index in [0.717, 1.165) is 30.5 Å².